The van der Waals surface area contributed by atoms with E-state index in [1.807, 2.05) is 0 Å². The first-order valence-electron chi connectivity index (χ1n) is 5.24. The molecule has 1 N–H and O–H groups in total. The van der Waals surface area contributed by atoms with Crippen LogP contribution in [0.1, 0.15) is 24.2 Å². The van der Waals surface area contributed by atoms with Gasteiger partial charge in [-0.25, -0.2) is 0 Å². The van der Waals surface area contributed by atoms with E-state index in [0.29, 0.717) is 15.1 Å². The lowest BCUT2D eigenvalue weighted by molar-refractivity contribution is -0.121. The van der Waals surface area contributed by atoms with Crippen molar-refractivity contribution in [3.63, 3.8) is 0 Å². The number of hydrogen-bond donors (Lipinski definition) is 1. The Kier molecular flexibility index (Phi) is 6.04. The van der Waals surface area contributed by atoms with E-state index >= 15 is 0 Å². The minimum Gasteiger partial charge on any atom is -0.340 e. The molecule has 0 aliphatic carbocycles. The molecule has 0 aromatic heterocycles. The van der Waals surface area contributed by atoms with Crippen LogP contribution in [0.4, 0.5) is 0 Å². The molecule has 7 heteroatoms. The highest BCUT2D eigenvalue weighted by Crippen LogP contribution is 2.21. The Morgan fingerprint density at radius 1 is 1.26 bits per heavy atom. The largest absolute Gasteiger partial charge is 0.340 e. The van der Waals surface area contributed by atoms with Gasteiger partial charge in [0.15, 0.2) is 5.78 Å². The molecule has 1 rings (SSSR count). The third-order valence-electron chi connectivity index (χ3n) is 2.36. The maximum absolute atomic E-state index is 12.1. The van der Waals surface area contributed by atoms with Crippen LogP contribution in [0.15, 0.2) is 22.7 Å². The van der Waals surface area contributed by atoms with Crippen molar-refractivity contribution in [2.45, 2.75) is 23.1 Å². The van der Waals surface area contributed by atoms with Crippen LogP contribution in [0, 0.1) is 0 Å². The molecule has 104 valence electrons. The monoisotopic (exact) mass is 473 g/mol. The normalized spacial score (nSPS) is 11.5. The van der Waals surface area contributed by atoms with Crippen LogP contribution < -0.4 is 5.32 Å². The summed E-state index contributed by atoms with van der Waals surface area (Å²) >= 11 is 15.4. The maximum atomic E-state index is 12.1. The van der Waals surface area contributed by atoms with Gasteiger partial charge in [-0.05, 0) is 32.0 Å². The van der Waals surface area contributed by atoms with Crippen molar-refractivity contribution in [1.82, 2.24) is 5.32 Å². The average Bonchev–Trinajstić information content (AvgIpc) is 2.25. The molecule has 0 atom stereocenters. The van der Waals surface area contributed by atoms with Crippen LogP contribution in [0.2, 0.25) is 5.02 Å². The lowest BCUT2D eigenvalue weighted by Gasteiger charge is -2.25. The van der Waals surface area contributed by atoms with Gasteiger partial charge < -0.3 is 5.32 Å². The smallest absolute Gasteiger partial charge is 0.252 e. The molecule has 19 heavy (non-hydrogen) atoms. The Labute approximate surface area is 141 Å². The summed E-state index contributed by atoms with van der Waals surface area (Å²) in [4.78, 5) is 24.0. The Morgan fingerprint density at radius 3 is 2.32 bits per heavy atom. The van der Waals surface area contributed by atoms with Crippen LogP contribution in [0.3, 0.4) is 0 Å². The number of nitrogens with one attached hydrogen (secondary N) is 1. The molecular formula is C12H11Br3ClNO2. The van der Waals surface area contributed by atoms with Gasteiger partial charge in [-0.2, -0.15) is 0 Å². The van der Waals surface area contributed by atoms with Gasteiger partial charge in [0.25, 0.3) is 5.91 Å². The average molecular weight is 476 g/mol. The van der Waals surface area contributed by atoms with Crippen LogP contribution in [0.5, 0.6) is 0 Å². The van der Waals surface area contributed by atoms with Crippen LogP contribution in [-0.4, -0.2) is 21.0 Å². The van der Waals surface area contributed by atoms with Crippen molar-refractivity contribution in [1.29, 1.82) is 0 Å². The molecule has 3 nitrogen and oxygen atoms in total. The molecule has 0 heterocycles. The van der Waals surface area contributed by atoms with Crippen molar-refractivity contribution in [3.05, 3.63) is 33.3 Å². The molecule has 0 unspecified atom stereocenters. The fourth-order valence-electron chi connectivity index (χ4n) is 1.38. The summed E-state index contributed by atoms with van der Waals surface area (Å²) in [6, 6.07) is 4.87. The van der Waals surface area contributed by atoms with Crippen molar-refractivity contribution >= 4 is 71.1 Å². The number of carbonyl (C=O) groups excluding carboxylic acids is 2. The first kappa shape index (κ1) is 17.1. The second kappa shape index (κ2) is 6.70. The fourth-order valence-corrected chi connectivity index (χ4v) is 3.38. The van der Waals surface area contributed by atoms with Gasteiger partial charge in [0.1, 0.15) is 3.74 Å². The van der Waals surface area contributed by atoms with E-state index < -0.39 is 9.28 Å². The van der Waals surface area contributed by atoms with Gasteiger partial charge in [-0.15, -0.1) is 0 Å². The number of halogens is 4. The number of alkyl halides is 2. The molecule has 0 aliphatic rings. The highest BCUT2D eigenvalue weighted by atomic mass is 79.9. The summed E-state index contributed by atoms with van der Waals surface area (Å²) in [7, 11) is 0. The molecule has 0 radical (unpaired) electrons. The third kappa shape index (κ3) is 4.85. The molecule has 0 saturated carbocycles. The third-order valence-corrected chi connectivity index (χ3v) is 3.87. The van der Waals surface area contributed by atoms with E-state index in [-0.39, 0.29) is 11.7 Å². The number of benzene rings is 1. The van der Waals surface area contributed by atoms with E-state index in [1.165, 1.54) is 0 Å². The van der Waals surface area contributed by atoms with Crippen molar-refractivity contribution in [2.75, 3.05) is 0 Å². The molecular weight excluding hydrogens is 465 g/mol. The van der Waals surface area contributed by atoms with E-state index in [2.05, 4.69) is 53.1 Å². The quantitative estimate of drug-likeness (QED) is 0.659. The van der Waals surface area contributed by atoms with Crippen LogP contribution >= 0.6 is 59.4 Å². The number of ketones is 1. The van der Waals surface area contributed by atoms with Gasteiger partial charge in [-0.1, -0.05) is 59.4 Å². The number of rotatable bonds is 4. The Morgan fingerprint density at radius 2 is 1.84 bits per heavy atom. The number of hydrogen-bond acceptors (Lipinski definition) is 2. The lowest BCUT2D eigenvalue weighted by atomic mass is 10.00. The Bertz CT molecular complexity index is 497. The van der Waals surface area contributed by atoms with Crippen molar-refractivity contribution < 1.29 is 9.59 Å². The summed E-state index contributed by atoms with van der Waals surface area (Å²) in [5.41, 5.74) is -0.607. The minimum atomic E-state index is -0.996. The SMILES string of the molecule is CC(C)(NC(=O)c1cc(Cl)cc(Br)c1)C(=O)C(Br)Br. The van der Waals surface area contributed by atoms with Crippen LogP contribution in [0.25, 0.3) is 0 Å². The molecule has 1 aromatic carbocycles. The molecule has 0 aliphatic heterocycles. The highest BCUT2D eigenvalue weighted by molar-refractivity contribution is 9.25. The molecule has 0 saturated heterocycles. The van der Waals surface area contributed by atoms with Gasteiger partial charge in [0.2, 0.25) is 0 Å². The first-order valence-corrected chi connectivity index (χ1v) is 8.25. The van der Waals surface area contributed by atoms with Crippen molar-refractivity contribution in [3.8, 4) is 0 Å². The first-order chi connectivity index (χ1) is 8.63. The fraction of sp³-hybridized carbons (Fsp3) is 0.333. The van der Waals surface area contributed by atoms with E-state index in [4.69, 9.17) is 11.6 Å². The predicted molar refractivity (Wildman–Crippen MR) is 87.3 cm³/mol. The molecule has 0 fully saturated rings. The topological polar surface area (TPSA) is 46.2 Å². The van der Waals surface area contributed by atoms with Gasteiger partial charge in [-0.3, -0.25) is 9.59 Å². The molecule has 1 amide bonds. The Balaban J connectivity index is 2.93. The highest BCUT2D eigenvalue weighted by Gasteiger charge is 2.33. The van der Waals surface area contributed by atoms with E-state index in [9.17, 15) is 9.59 Å². The predicted octanol–water partition coefficient (Wildman–Crippen LogP) is 4.30. The molecule has 0 spiro atoms. The zero-order chi connectivity index (χ0) is 14.8. The zero-order valence-electron chi connectivity index (χ0n) is 10.1. The van der Waals surface area contributed by atoms with Gasteiger partial charge >= 0.3 is 0 Å². The number of Topliss-reactive ketones (excluding diaryl/α,β-unsaturated/α-hetero) is 1. The van der Waals surface area contributed by atoms with E-state index in [1.54, 1.807) is 32.0 Å². The summed E-state index contributed by atoms with van der Waals surface area (Å²) in [6.45, 7) is 3.28. The van der Waals surface area contributed by atoms with Gasteiger partial charge in [0, 0.05) is 15.1 Å². The standard InChI is InChI=1S/C12H11Br3ClNO2/c1-12(2,9(18)10(14)15)17-11(19)6-3-7(13)5-8(16)4-6/h3-5,10H,1-2H3,(H,17,19). The lowest BCUT2D eigenvalue weighted by Crippen LogP contribution is -2.51. The van der Waals surface area contributed by atoms with Crippen molar-refractivity contribution in [2.24, 2.45) is 0 Å². The zero-order valence-corrected chi connectivity index (χ0v) is 15.7. The second-order valence-electron chi connectivity index (χ2n) is 4.40. The van der Waals surface area contributed by atoms with Crippen LogP contribution in [-0.2, 0) is 4.79 Å². The van der Waals surface area contributed by atoms with E-state index in [0.717, 1.165) is 0 Å². The summed E-state index contributed by atoms with van der Waals surface area (Å²) < 4.78 is 0.189. The number of amides is 1. The molecule has 0 bridgehead atoms. The van der Waals surface area contributed by atoms with Gasteiger partial charge in [0.05, 0.1) is 5.54 Å². The Hall–Kier alpha value is 0.0900. The second-order valence-corrected chi connectivity index (χ2v) is 8.81. The maximum Gasteiger partial charge on any atom is 0.252 e. The number of carbonyl (C=O) groups is 2. The summed E-state index contributed by atoms with van der Waals surface area (Å²) in [5, 5.41) is 3.13. The minimum absolute atomic E-state index is 0.179. The summed E-state index contributed by atoms with van der Waals surface area (Å²) in [5.74, 6) is -0.538. The molecule has 1 aromatic rings. The summed E-state index contributed by atoms with van der Waals surface area (Å²) in [6.07, 6.45) is 0.